The molecule has 1 atom stereocenters. The van der Waals surface area contributed by atoms with Crippen molar-refractivity contribution in [2.75, 3.05) is 20.1 Å². The Morgan fingerprint density at radius 3 is 2.88 bits per heavy atom. The molecule has 1 unspecified atom stereocenters. The maximum absolute atomic E-state index is 12.3. The SMILES string of the molecule is CNC1CCCN(C(=O)c2oc(C)nc2C)C1. The summed E-state index contributed by atoms with van der Waals surface area (Å²) in [5.41, 5.74) is 0.680. The second-order valence-electron chi connectivity index (χ2n) is 4.53. The molecule has 0 bridgehead atoms. The van der Waals surface area contributed by atoms with E-state index in [0.29, 0.717) is 23.4 Å². The molecule has 94 valence electrons. The van der Waals surface area contributed by atoms with Gasteiger partial charge in [0.1, 0.15) is 0 Å². The highest BCUT2D eigenvalue weighted by molar-refractivity contribution is 5.92. The van der Waals surface area contributed by atoms with Gasteiger partial charge in [-0.1, -0.05) is 0 Å². The number of aryl methyl sites for hydroxylation is 2. The van der Waals surface area contributed by atoms with Crippen LogP contribution in [-0.4, -0.2) is 42.0 Å². The van der Waals surface area contributed by atoms with E-state index >= 15 is 0 Å². The number of nitrogens with zero attached hydrogens (tertiary/aromatic N) is 2. The quantitative estimate of drug-likeness (QED) is 0.837. The molecule has 0 aromatic carbocycles. The van der Waals surface area contributed by atoms with Crippen LogP contribution in [0.3, 0.4) is 0 Å². The molecule has 0 saturated carbocycles. The second kappa shape index (κ2) is 4.87. The summed E-state index contributed by atoms with van der Waals surface area (Å²) in [6.45, 7) is 5.12. The molecule has 2 heterocycles. The summed E-state index contributed by atoms with van der Waals surface area (Å²) < 4.78 is 5.38. The third-order valence-electron chi connectivity index (χ3n) is 3.21. The van der Waals surface area contributed by atoms with E-state index in [9.17, 15) is 4.79 Å². The Morgan fingerprint density at radius 2 is 2.29 bits per heavy atom. The Kier molecular flexibility index (Phi) is 3.47. The van der Waals surface area contributed by atoms with Gasteiger partial charge in [-0.2, -0.15) is 0 Å². The Morgan fingerprint density at radius 1 is 1.53 bits per heavy atom. The molecular weight excluding hydrogens is 218 g/mol. The van der Waals surface area contributed by atoms with Crippen molar-refractivity contribution in [3.05, 3.63) is 17.3 Å². The molecule has 1 aromatic heterocycles. The zero-order valence-corrected chi connectivity index (χ0v) is 10.6. The summed E-state index contributed by atoms with van der Waals surface area (Å²) in [5, 5.41) is 3.22. The fourth-order valence-corrected chi connectivity index (χ4v) is 2.27. The minimum atomic E-state index is -0.0388. The first-order valence-electron chi connectivity index (χ1n) is 6.02. The van der Waals surface area contributed by atoms with Crippen LogP contribution in [-0.2, 0) is 0 Å². The summed E-state index contributed by atoms with van der Waals surface area (Å²) in [6, 6.07) is 0.386. The number of oxazole rings is 1. The number of likely N-dealkylation sites (tertiary alicyclic amines) is 1. The van der Waals surface area contributed by atoms with Gasteiger partial charge in [-0.25, -0.2) is 4.98 Å². The minimum absolute atomic E-state index is 0.0388. The van der Waals surface area contributed by atoms with E-state index in [2.05, 4.69) is 10.3 Å². The normalized spacial score (nSPS) is 20.6. The van der Waals surface area contributed by atoms with Gasteiger partial charge in [0, 0.05) is 26.1 Å². The van der Waals surface area contributed by atoms with Crippen molar-refractivity contribution in [2.24, 2.45) is 0 Å². The number of likely N-dealkylation sites (N-methyl/N-ethyl adjacent to an activating group) is 1. The third-order valence-corrected chi connectivity index (χ3v) is 3.21. The number of hydrogen-bond acceptors (Lipinski definition) is 4. The van der Waals surface area contributed by atoms with Crippen LogP contribution in [0.1, 0.15) is 35.0 Å². The molecule has 0 aliphatic carbocycles. The van der Waals surface area contributed by atoms with Crippen molar-refractivity contribution in [3.63, 3.8) is 0 Å². The first kappa shape index (κ1) is 12.1. The van der Waals surface area contributed by atoms with Gasteiger partial charge in [-0.05, 0) is 26.8 Å². The van der Waals surface area contributed by atoms with E-state index in [1.165, 1.54) is 0 Å². The van der Waals surface area contributed by atoms with Crippen molar-refractivity contribution in [2.45, 2.75) is 32.7 Å². The summed E-state index contributed by atoms with van der Waals surface area (Å²) >= 11 is 0. The molecule has 1 saturated heterocycles. The van der Waals surface area contributed by atoms with Crippen LogP contribution in [0.5, 0.6) is 0 Å². The average molecular weight is 237 g/mol. The van der Waals surface area contributed by atoms with E-state index in [1.807, 2.05) is 18.9 Å². The molecule has 17 heavy (non-hydrogen) atoms. The van der Waals surface area contributed by atoms with Crippen LogP contribution < -0.4 is 5.32 Å². The maximum atomic E-state index is 12.3. The van der Waals surface area contributed by atoms with E-state index in [-0.39, 0.29) is 5.91 Å². The summed E-state index contributed by atoms with van der Waals surface area (Å²) in [7, 11) is 1.93. The van der Waals surface area contributed by atoms with Crippen molar-refractivity contribution in [3.8, 4) is 0 Å². The smallest absolute Gasteiger partial charge is 0.291 e. The number of amides is 1. The number of rotatable bonds is 2. The lowest BCUT2D eigenvalue weighted by molar-refractivity contribution is 0.0663. The average Bonchev–Trinajstić information content (AvgIpc) is 2.67. The minimum Gasteiger partial charge on any atom is -0.436 e. The molecule has 2 rings (SSSR count). The Bertz CT molecular complexity index is 414. The molecule has 1 fully saturated rings. The van der Waals surface area contributed by atoms with Gasteiger partial charge < -0.3 is 14.6 Å². The van der Waals surface area contributed by atoms with Gasteiger partial charge in [0.15, 0.2) is 5.89 Å². The van der Waals surface area contributed by atoms with Gasteiger partial charge in [-0.3, -0.25) is 4.79 Å². The molecule has 1 amide bonds. The Balaban J connectivity index is 2.12. The summed E-state index contributed by atoms with van der Waals surface area (Å²) in [4.78, 5) is 18.2. The van der Waals surface area contributed by atoms with Crippen LogP contribution in [0.15, 0.2) is 4.42 Å². The fourth-order valence-electron chi connectivity index (χ4n) is 2.27. The molecule has 5 heteroatoms. The van der Waals surface area contributed by atoms with Crippen LogP contribution in [0.4, 0.5) is 0 Å². The van der Waals surface area contributed by atoms with Crippen LogP contribution in [0.25, 0.3) is 0 Å². The standard InChI is InChI=1S/C12H19N3O2/c1-8-11(17-9(2)14-8)12(16)15-6-4-5-10(7-15)13-3/h10,13H,4-7H2,1-3H3. The topological polar surface area (TPSA) is 58.4 Å². The zero-order valence-electron chi connectivity index (χ0n) is 10.6. The van der Waals surface area contributed by atoms with Crippen LogP contribution in [0.2, 0.25) is 0 Å². The lowest BCUT2D eigenvalue weighted by atomic mass is 10.1. The zero-order chi connectivity index (χ0) is 12.4. The Hall–Kier alpha value is -1.36. The molecular formula is C12H19N3O2. The lowest BCUT2D eigenvalue weighted by Crippen LogP contribution is -2.47. The number of hydrogen-bond donors (Lipinski definition) is 1. The number of piperidine rings is 1. The monoisotopic (exact) mass is 237 g/mol. The maximum Gasteiger partial charge on any atom is 0.291 e. The van der Waals surface area contributed by atoms with Crippen LogP contribution in [0, 0.1) is 13.8 Å². The van der Waals surface area contributed by atoms with E-state index in [1.54, 1.807) is 6.92 Å². The molecule has 1 N–H and O–H groups in total. The van der Waals surface area contributed by atoms with E-state index < -0.39 is 0 Å². The van der Waals surface area contributed by atoms with Gasteiger partial charge in [0.2, 0.25) is 5.76 Å². The molecule has 1 aliphatic rings. The van der Waals surface area contributed by atoms with Gasteiger partial charge in [0.25, 0.3) is 5.91 Å². The van der Waals surface area contributed by atoms with Crippen molar-refractivity contribution in [1.29, 1.82) is 0 Å². The van der Waals surface area contributed by atoms with Crippen molar-refractivity contribution >= 4 is 5.91 Å². The van der Waals surface area contributed by atoms with Gasteiger partial charge in [0.05, 0.1) is 5.69 Å². The second-order valence-corrected chi connectivity index (χ2v) is 4.53. The number of carbonyl (C=O) groups is 1. The van der Waals surface area contributed by atoms with E-state index in [0.717, 1.165) is 25.9 Å². The number of aromatic nitrogens is 1. The summed E-state index contributed by atoms with van der Waals surface area (Å²) in [5.74, 6) is 0.898. The van der Waals surface area contributed by atoms with Gasteiger partial charge in [-0.15, -0.1) is 0 Å². The van der Waals surface area contributed by atoms with Crippen LogP contribution >= 0.6 is 0 Å². The number of nitrogens with one attached hydrogen (secondary N) is 1. The first-order chi connectivity index (χ1) is 8.11. The molecule has 5 nitrogen and oxygen atoms in total. The van der Waals surface area contributed by atoms with E-state index in [4.69, 9.17) is 4.42 Å². The highest BCUT2D eigenvalue weighted by Gasteiger charge is 2.27. The Labute approximate surface area is 101 Å². The van der Waals surface area contributed by atoms with Crippen molar-refractivity contribution in [1.82, 2.24) is 15.2 Å². The molecule has 1 aromatic rings. The highest BCUT2D eigenvalue weighted by Crippen LogP contribution is 2.16. The third kappa shape index (κ3) is 2.49. The molecule has 1 aliphatic heterocycles. The molecule has 0 radical (unpaired) electrons. The largest absolute Gasteiger partial charge is 0.436 e. The fraction of sp³-hybridized carbons (Fsp3) is 0.667. The summed E-state index contributed by atoms with van der Waals surface area (Å²) in [6.07, 6.45) is 2.15. The first-order valence-corrected chi connectivity index (χ1v) is 6.02. The lowest BCUT2D eigenvalue weighted by Gasteiger charge is -2.32. The number of carbonyl (C=O) groups excluding carboxylic acids is 1. The molecule has 0 spiro atoms. The predicted octanol–water partition coefficient (Wildman–Crippen LogP) is 1.12. The van der Waals surface area contributed by atoms with Gasteiger partial charge >= 0.3 is 0 Å². The van der Waals surface area contributed by atoms with Crippen molar-refractivity contribution < 1.29 is 9.21 Å². The predicted molar refractivity (Wildman–Crippen MR) is 64.0 cm³/mol. The highest BCUT2D eigenvalue weighted by atomic mass is 16.4.